The third-order valence-electron chi connectivity index (χ3n) is 14.3. The molecule has 0 aliphatic heterocycles. The Labute approximate surface area is 403 Å². The quantitative estimate of drug-likeness (QED) is 0.140. The van der Waals surface area contributed by atoms with Crippen molar-refractivity contribution in [2.75, 3.05) is 4.90 Å². The van der Waals surface area contributed by atoms with Crippen LogP contribution in [-0.2, 0) is 5.41 Å². The second-order valence-electron chi connectivity index (χ2n) is 18.1. The Morgan fingerprint density at radius 1 is 0.275 bits per heavy atom. The summed E-state index contributed by atoms with van der Waals surface area (Å²) in [4.78, 5) is 2.34. The molecule has 324 valence electrons. The van der Waals surface area contributed by atoms with Crippen LogP contribution in [-0.4, -0.2) is 4.57 Å². The predicted molar refractivity (Wildman–Crippen MR) is 289 cm³/mol. The van der Waals surface area contributed by atoms with E-state index in [0.717, 1.165) is 22.7 Å². The third-order valence-corrected chi connectivity index (χ3v) is 14.3. The Hall–Kier alpha value is -8.98. The third kappa shape index (κ3) is 6.72. The summed E-state index contributed by atoms with van der Waals surface area (Å²) in [5.41, 5.74) is 21.3. The highest BCUT2D eigenvalue weighted by atomic mass is 15.1. The summed E-state index contributed by atoms with van der Waals surface area (Å²) >= 11 is 0. The van der Waals surface area contributed by atoms with Crippen molar-refractivity contribution in [3.63, 3.8) is 0 Å². The van der Waals surface area contributed by atoms with Crippen LogP contribution in [0.5, 0.6) is 0 Å². The van der Waals surface area contributed by atoms with Crippen molar-refractivity contribution in [3.05, 3.63) is 301 Å². The van der Waals surface area contributed by atoms with E-state index in [4.69, 9.17) is 0 Å². The highest BCUT2D eigenvalue weighted by Crippen LogP contribution is 2.56. The van der Waals surface area contributed by atoms with Crippen molar-refractivity contribution in [1.29, 1.82) is 0 Å². The standard InChI is InChI=1S/C67H46N2/c1-5-18-47(19-6-1)50-20-17-27-58(44-50)68(55-23-9-3-10-24-55)57-40-34-49(35-41-57)52-37-43-66-62(46-52)61-45-51(36-42-65(61)69(66)56-25-11-4-12-26-56)48-32-38-54(39-33-48)67(53-21-7-2-8-22-53)63-30-15-13-28-59(63)60-29-14-16-31-64(60)67/h1-46H. The molecule has 2 heteroatoms. The summed E-state index contributed by atoms with van der Waals surface area (Å²) < 4.78 is 2.41. The van der Waals surface area contributed by atoms with Gasteiger partial charge in [0.1, 0.15) is 0 Å². The number of hydrogen-bond acceptors (Lipinski definition) is 1. The summed E-state index contributed by atoms with van der Waals surface area (Å²) in [5.74, 6) is 0. The highest BCUT2D eigenvalue weighted by molar-refractivity contribution is 6.11. The summed E-state index contributed by atoms with van der Waals surface area (Å²) in [6.45, 7) is 0. The average molecular weight is 879 g/mol. The van der Waals surface area contributed by atoms with Gasteiger partial charge in [0.15, 0.2) is 0 Å². The lowest BCUT2D eigenvalue weighted by Crippen LogP contribution is -2.28. The largest absolute Gasteiger partial charge is 0.310 e. The molecule has 0 radical (unpaired) electrons. The van der Waals surface area contributed by atoms with Crippen LogP contribution in [0.25, 0.3) is 72.0 Å². The summed E-state index contributed by atoms with van der Waals surface area (Å²) in [5, 5.41) is 2.45. The fraction of sp³-hybridized carbons (Fsp3) is 0.0149. The van der Waals surface area contributed by atoms with E-state index in [9.17, 15) is 0 Å². The predicted octanol–water partition coefficient (Wildman–Crippen LogP) is 17.6. The van der Waals surface area contributed by atoms with Gasteiger partial charge >= 0.3 is 0 Å². The first-order valence-electron chi connectivity index (χ1n) is 23.8. The van der Waals surface area contributed by atoms with E-state index in [-0.39, 0.29) is 0 Å². The van der Waals surface area contributed by atoms with E-state index >= 15 is 0 Å². The minimum atomic E-state index is -0.429. The van der Waals surface area contributed by atoms with E-state index in [0.29, 0.717) is 0 Å². The minimum absolute atomic E-state index is 0.429. The molecular formula is C67H46N2. The summed E-state index contributed by atoms with van der Waals surface area (Å²) in [6, 6.07) is 102. The van der Waals surface area contributed by atoms with Crippen LogP contribution in [0.2, 0.25) is 0 Å². The molecule has 1 aliphatic rings. The molecule has 0 fully saturated rings. The smallest absolute Gasteiger partial charge is 0.0713 e. The maximum Gasteiger partial charge on any atom is 0.0713 e. The fourth-order valence-electron chi connectivity index (χ4n) is 11.1. The molecular weight excluding hydrogens is 833 g/mol. The monoisotopic (exact) mass is 878 g/mol. The first-order chi connectivity index (χ1) is 34.2. The molecule has 0 bridgehead atoms. The van der Waals surface area contributed by atoms with E-state index in [1.54, 1.807) is 0 Å². The summed E-state index contributed by atoms with van der Waals surface area (Å²) in [6.07, 6.45) is 0. The molecule has 0 saturated carbocycles. The van der Waals surface area contributed by atoms with Crippen molar-refractivity contribution >= 4 is 38.9 Å². The van der Waals surface area contributed by atoms with Gasteiger partial charge in [0.2, 0.25) is 0 Å². The van der Waals surface area contributed by atoms with Gasteiger partial charge in [-0.1, -0.05) is 206 Å². The summed E-state index contributed by atoms with van der Waals surface area (Å²) in [7, 11) is 0. The van der Waals surface area contributed by atoms with Gasteiger partial charge in [-0.2, -0.15) is 0 Å². The van der Waals surface area contributed by atoms with Crippen molar-refractivity contribution in [3.8, 4) is 50.2 Å². The Balaban J connectivity index is 0.904. The maximum absolute atomic E-state index is 2.41. The van der Waals surface area contributed by atoms with Gasteiger partial charge in [0, 0.05) is 33.5 Å². The number of benzene rings is 11. The van der Waals surface area contributed by atoms with Gasteiger partial charge < -0.3 is 9.47 Å². The van der Waals surface area contributed by atoms with Crippen LogP contribution in [0.3, 0.4) is 0 Å². The molecule has 0 saturated heterocycles. The first kappa shape index (κ1) is 40.3. The van der Waals surface area contributed by atoms with Crippen LogP contribution in [0.4, 0.5) is 17.1 Å². The molecule has 11 aromatic carbocycles. The molecule has 0 unspecified atom stereocenters. The fourth-order valence-corrected chi connectivity index (χ4v) is 11.1. The van der Waals surface area contributed by atoms with Crippen molar-refractivity contribution in [2.24, 2.45) is 0 Å². The Morgan fingerprint density at radius 3 is 1.28 bits per heavy atom. The SMILES string of the molecule is c1ccc(-c2cccc(N(c3ccccc3)c3ccc(-c4ccc5c(c4)c4cc(-c6ccc(C7(c8ccccc8)c8ccccc8-c8ccccc87)cc6)ccc4n5-c4ccccc4)cc3)c2)cc1. The number of hydrogen-bond donors (Lipinski definition) is 0. The van der Waals surface area contributed by atoms with Gasteiger partial charge in [-0.15, -0.1) is 0 Å². The number of nitrogens with zero attached hydrogens (tertiary/aromatic N) is 2. The molecule has 1 heterocycles. The lowest BCUT2D eigenvalue weighted by atomic mass is 9.67. The number of rotatable bonds is 9. The van der Waals surface area contributed by atoms with Crippen LogP contribution in [0.15, 0.2) is 279 Å². The lowest BCUT2D eigenvalue weighted by Gasteiger charge is -2.34. The zero-order chi connectivity index (χ0) is 45.7. The Morgan fingerprint density at radius 2 is 0.681 bits per heavy atom. The molecule has 69 heavy (non-hydrogen) atoms. The van der Waals surface area contributed by atoms with E-state index in [1.807, 2.05) is 0 Å². The Bertz CT molecular complexity index is 3750. The zero-order valence-electron chi connectivity index (χ0n) is 38.0. The van der Waals surface area contributed by atoms with E-state index in [2.05, 4.69) is 289 Å². The molecule has 1 aromatic heterocycles. The molecule has 0 N–H and O–H groups in total. The van der Waals surface area contributed by atoms with Gasteiger partial charge in [-0.25, -0.2) is 0 Å². The number of anilines is 3. The topological polar surface area (TPSA) is 8.17 Å². The molecule has 13 rings (SSSR count). The number of aromatic nitrogens is 1. The zero-order valence-corrected chi connectivity index (χ0v) is 38.0. The van der Waals surface area contributed by atoms with E-state index in [1.165, 1.54) is 88.6 Å². The van der Waals surface area contributed by atoms with Crippen molar-refractivity contribution in [2.45, 2.75) is 5.41 Å². The van der Waals surface area contributed by atoms with Crippen LogP contribution >= 0.6 is 0 Å². The molecule has 1 aliphatic carbocycles. The molecule has 0 spiro atoms. The van der Waals surface area contributed by atoms with Crippen LogP contribution in [0, 0.1) is 0 Å². The van der Waals surface area contributed by atoms with Gasteiger partial charge in [0.25, 0.3) is 0 Å². The second-order valence-corrected chi connectivity index (χ2v) is 18.1. The van der Waals surface area contributed by atoms with Gasteiger partial charge in [-0.05, 0) is 140 Å². The minimum Gasteiger partial charge on any atom is -0.310 e. The average Bonchev–Trinajstić information content (AvgIpc) is 3.92. The molecule has 0 atom stereocenters. The highest BCUT2D eigenvalue weighted by Gasteiger charge is 2.45. The van der Waals surface area contributed by atoms with Crippen LogP contribution in [0.1, 0.15) is 22.3 Å². The van der Waals surface area contributed by atoms with Gasteiger partial charge in [-0.3, -0.25) is 0 Å². The first-order valence-corrected chi connectivity index (χ1v) is 23.8. The Kier molecular flexibility index (Phi) is 9.77. The van der Waals surface area contributed by atoms with Crippen LogP contribution < -0.4 is 4.90 Å². The molecule has 0 amide bonds. The lowest BCUT2D eigenvalue weighted by molar-refractivity contribution is 0.768. The van der Waals surface area contributed by atoms with E-state index < -0.39 is 5.41 Å². The van der Waals surface area contributed by atoms with Crippen molar-refractivity contribution < 1.29 is 0 Å². The molecule has 12 aromatic rings. The second kappa shape index (κ2) is 16.7. The maximum atomic E-state index is 2.41. The number of para-hydroxylation sites is 2. The van der Waals surface area contributed by atoms with Crippen molar-refractivity contribution in [1.82, 2.24) is 4.57 Å². The van der Waals surface area contributed by atoms with Gasteiger partial charge in [0.05, 0.1) is 16.4 Å². The molecule has 2 nitrogen and oxygen atoms in total. The normalized spacial score (nSPS) is 12.5. The number of fused-ring (bicyclic) bond motifs is 6.